The van der Waals surface area contributed by atoms with Crippen molar-refractivity contribution in [2.24, 2.45) is 0 Å². The molecule has 2 nitrogen and oxygen atoms in total. The van der Waals surface area contributed by atoms with Crippen LogP contribution in [0.5, 0.6) is 0 Å². The molecule has 0 spiro atoms. The largest absolute Gasteiger partial charge is 0.352 e. The Balaban J connectivity index is 2.34. The van der Waals surface area contributed by atoms with Crippen molar-refractivity contribution in [2.45, 2.75) is 32.6 Å². The van der Waals surface area contributed by atoms with E-state index in [1.807, 2.05) is 24.3 Å². The van der Waals surface area contributed by atoms with Crippen LogP contribution in [-0.2, 0) is 4.79 Å². The number of allylic oxidation sites excluding steroid dienone is 6. The van der Waals surface area contributed by atoms with E-state index in [4.69, 9.17) is 0 Å². The minimum Gasteiger partial charge on any atom is -0.352 e. The fourth-order valence-electron chi connectivity index (χ4n) is 1.59. The highest BCUT2D eigenvalue weighted by atomic mass is 16.1. The van der Waals surface area contributed by atoms with Gasteiger partial charge in [-0.1, -0.05) is 49.5 Å². The van der Waals surface area contributed by atoms with E-state index in [1.165, 1.54) is 0 Å². The molecule has 17 heavy (non-hydrogen) atoms. The lowest BCUT2D eigenvalue weighted by Crippen LogP contribution is -2.25. The highest BCUT2D eigenvalue weighted by molar-refractivity contribution is 5.93. The molecule has 0 aromatic carbocycles. The number of carbonyl (C=O) groups is 1. The molecular formula is C15H21NO. The number of hydrogen-bond donors (Lipinski definition) is 1. The normalized spacial score (nSPS) is 15.5. The van der Waals surface area contributed by atoms with Gasteiger partial charge in [0.2, 0.25) is 5.91 Å². The Kier molecular flexibility index (Phi) is 6.80. The number of carbonyl (C=O) groups excluding carboxylic acids is 1. The lowest BCUT2D eigenvalue weighted by molar-refractivity contribution is -0.117. The molecule has 1 rings (SSSR count). The highest BCUT2D eigenvalue weighted by Gasteiger charge is 2.06. The molecule has 0 saturated heterocycles. The summed E-state index contributed by atoms with van der Waals surface area (Å²) < 4.78 is 0. The number of rotatable bonds is 5. The van der Waals surface area contributed by atoms with Gasteiger partial charge in [-0.2, -0.15) is 0 Å². The van der Waals surface area contributed by atoms with E-state index in [0.717, 1.165) is 31.3 Å². The van der Waals surface area contributed by atoms with E-state index in [2.05, 4.69) is 30.5 Å². The molecule has 0 atom stereocenters. The maximum absolute atomic E-state index is 11.8. The summed E-state index contributed by atoms with van der Waals surface area (Å²) in [7, 11) is 0. The summed E-state index contributed by atoms with van der Waals surface area (Å²) in [5.74, 6) is 0.0647. The molecule has 2 heteroatoms. The molecule has 1 aliphatic rings. The van der Waals surface area contributed by atoms with Crippen molar-refractivity contribution in [3.63, 3.8) is 0 Å². The Hall–Kier alpha value is -1.57. The van der Waals surface area contributed by atoms with Crippen LogP contribution in [0, 0.1) is 0 Å². The summed E-state index contributed by atoms with van der Waals surface area (Å²) in [6.45, 7) is 2.82. The predicted octanol–water partition coefficient (Wildman–Crippen LogP) is 3.29. The van der Waals surface area contributed by atoms with Gasteiger partial charge in [0, 0.05) is 12.1 Å². The predicted molar refractivity (Wildman–Crippen MR) is 72.7 cm³/mol. The minimum atomic E-state index is 0.0647. The summed E-state index contributed by atoms with van der Waals surface area (Å²) in [5, 5.41) is 2.94. The lowest BCUT2D eigenvalue weighted by Gasteiger charge is -2.07. The quantitative estimate of drug-likeness (QED) is 0.571. The van der Waals surface area contributed by atoms with Gasteiger partial charge >= 0.3 is 0 Å². The zero-order chi connectivity index (χ0) is 12.3. The van der Waals surface area contributed by atoms with Crippen LogP contribution in [0.25, 0.3) is 0 Å². The smallest absolute Gasteiger partial charge is 0.247 e. The first-order chi connectivity index (χ1) is 8.34. The van der Waals surface area contributed by atoms with Crippen molar-refractivity contribution in [3.8, 4) is 0 Å². The zero-order valence-electron chi connectivity index (χ0n) is 10.5. The third kappa shape index (κ3) is 5.91. The number of hydrogen-bond acceptors (Lipinski definition) is 1. The molecule has 92 valence electrons. The first kappa shape index (κ1) is 13.5. The second-order valence-corrected chi connectivity index (χ2v) is 3.97. The van der Waals surface area contributed by atoms with Crippen molar-refractivity contribution >= 4 is 5.91 Å². The molecule has 0 aromatic heterocycles. The molecule has 0 bridgehead atoms. The van der Waals surface area contributed by atoms with Crippen LogP contribution in [0.15, 0.2) is 48.1 Å². The summed E-state index contributed by atoms with van der Waals surface area (Å²) in [6.07, 6.45) is 17.8. The fourth-order valence-corrected chi connectivity index (χ4v) is 1.59. The Morgan fingerprint density at radius 2 is 2.24 bits per heavy atom. The van der Waals surface area contributed by atoms with Gasteiger partial charge in [0.25, 0.3) is 0 Å². The first-order valence-electron chi connectivity index (χ1n) is 6.30. The Bertz CT molecular complexity index is 348. The molecule has 0 heterocycles. The van der Waals surface area contributed by atoms with Gasteiger partial charge in [-0.05, 0) is 25.7 Å². The second-order valence-electron chi connectivity index (χ2n) is 3.97. The molecule has 1 N–H and O–H groups in total. The van der Waals surface area contributed by atoms with E-state index < -0.39 is 0 Å². The van der Waals surface area contributed by atoms with Crippen molar-refractivity contribution in [3.05, 3.63) is 48.1 Å². The van der Waals surface area contributed by atoms with E-state index in [1.54, 1.807) is 0 Å². The van der Waals surface area contributed by atoms with Crippen molar-refractivity contribution in [1.82, 2.24) is 5.32 Å². The minimum absolute atomic E-state index is 0.0647. The molecule has 0 saturated carbocycles. The summed E-state index contributed by atoms with van der Waals surface area (Å²) >= 11 is 0. The highest BCUT2D eigenvalue weighted by Crippen LogP contribution is 2.09. The molecule has 1 aliphatic carbocycles. The van der Waals surface area contributed by atoms with E-state index in [0.29, 0.717) is 6.54 Å². The van der Waals surface area contributed by atoms with Crippen LogP contribution in [0.4, 0.5) is 0 Å². The summed E-state index contributed by atoms with van der Waals surface area (Å²) in [4.78, 5) is 11.8. The van der Waals surface area contributed by atoms with Crippen LogP contribution in [-0.4, -0.2) is 12.5 Å². The maximum atomic E-state index is 11.8. The zero-order valence-corrected chi connectivity index (χ0v) is 10.5. The van der Waals surface area contributed by atoms with Crippen LogP contribution >= 0.6 is 0 Å². The average Bonchev–Trinajstić information content (AvgIpc) is 2.28. The van der Waals surface area contributed by atoms with Gasteiger partial charge in [0.1, 0.15) is 0 Å². The molecule has 0 radical (unpaired) electrons. The Labute approximate surface area is 104 Å². The van der Waals surface area contributed by atoms with Crippen LogP contribution in [0.2, 0.25) is 0 Å². The monoisotopic (exact) mass is 231 g/mol. The van der Waals surface area contributed by atoms with Gasteiger partial charge in [-0.25, -0.2) is 0 Å². The maximum Gasteiger partial charge on any atom is 0.247 e. The third-order valence-corrected chi connectivity index (χ3v) is 2.53. The molecule has 0 fully saturated rings. The Morgan fingerprint density at radius 1 is 1.35 bits per heavy atom. The van der Waals surface area contributed by atoms with Gasteiger partial charge < -0.3 is 5.32 Å². The summed E-state index contributed by atoms with van der Waals surface area (Å²) in [5.41, 5.74) is 0.866. The third-order valence-electron chi connectivity index (χ3n) is 2.53. The van der Waals surface area contributed by atoms with Gasteiger partial charge in [-0.3, -0.25) is 4.79 Å². The molecule has 0 aromatic rings. The standard InChI is InChI=1S/C15H21NO/c1-2-3-4-10-13-16-15(17)14-11-8-6-5-7-9-12-14/h3-8,11H,2,9-10,12-13H2,1H3,(H,16,17). The Morgan fingerprint density at radius 3 is 3.06 bits per heavy atom. The number of amides is 1. The van der Waals surface area contributed by atoms with Crippen molar-refractivity contribution < 1.29 is 4.79 Å². The molecule has 0 aliphatic heterocycles. The van der Waals surface area contributed by atoms with E-state index >= 15 is 0 Å². The lowest BCUT2D eigenvalue weighted by atomic mass is 10.1. The number of nitrogens with one attached hydrogen (secondary N) is 1. The first-order valence-corrected chi connectivity index (χ1v) is 6.30. The molecule has 0 unspecified atom stereocenters. The van der Waals surface area contributed by atoms with E-state index in [9.17, 15) is 4.79 Å². The van der Waals surface area contributed by atoms with Gasteiger partial charge in [-0.15, -0.1) is 0 Å². The second kappa shape index (κ2) is 8.57. The van der Waals surface area contributed by atoms with Crippen LogP contribution < -0.4 is 5.32 Å². The topological polar surface area (TPSA) is 29.1 Å². The van der Waals surface area contributed by atoms with Crippen molar-refractivity contribution in [1.29, 1.82) is 0 Å². The SMILES string of the molecule is CCC=CCCNC(=O)C1=CC=CC=CCC1. The molecule has 1 amide bonds. The van der Waals surface area contributed by atoms with E-state index in [-0.39, 0.29) is 5.91 Å². The average molecular weight is 231 g/mol. The van der Waals surface area contributed by atoms with Crippen molar-refractivity contribution in [2.75, 3.05) is 6.54 Å². The fraction of sp³-hybridized carbons (Fsp3) is 0.400. The molecular weight excluding hydrogens is 210 g/mol. The van der Waals surface area contributed by atoms with Crippen LogP contribution in [0.1, 0.15) is 32.6 Å². The van der Waals surface area contributed by atoms with Gasteiger partial charge in [0.15, 0.2) is 0 Å². The van der Waals surface area contributed by atoms with Gasteiger partial charge in [0.05, 0.1) is 0 Å². The summed E-state index contributed by atoms with van der Waals surface area (Å²) in [6, 6.07) is 0. The van der Waals surface area contributed by atoms with Crippen LogP contribution in [0.3, 0.4) is 0 Å².